The second-order valence-corrected chi connectivity index (χ2v) is 10.7. The highest BCUT2D eigenvalue weighted by Gasteiger charge is 2.48. The van der Waals surface area contributed by atoms with E-state index in [1.165, 1.54) is 24.3 Å². The fourth-order valence-corrected chi connectivity index (χ4v) is 4.78. The van der Waals surface area contributed by atoms with Gasteiger partial charge in [0.25, 0.3) is 0 Å². The molecule has 1 aliphatic rings. The van der Waals surface area contributed by atoms with Gasteiger partial charge in [0.15, 0.2) is 0 Å². The van der Waals surface area contributed by atoms with Crippen LogP contribution < -0.4 is 26.6 Å². The van der Waals surface area contributed by atoms with E-state index >= 15 is 0 Å². The Morgan fingerprint density at radius 3 is 2.08 bits per heavy atom. The van der Waals surface area contributed by atoms with Gasteiger partial charge < -0.3 is 36.2 Å². The first-order valence-electron chi connectivity index (χ1n) is 12.7. The lowest BCUT2D eigenvalue weighted by atomic mass is 9.78. The molecule has 204 valence electrons. The number of carbonyl (C=O) groups is 1. The Hall–Kier alpha value is -2.81. The maximum atomic E-state index is 13.5. The van der Waals surface area contributed by atoms with Crippen LogP contribution in [0, 0.1) is 17.6 Å². The van der Waals surface area contributed by atoms with E-state index in [9.17, 15) is 18.7 Å². The molecule has 0 aromatic heterocycles. The molecule has 8 heteroatoms. The summed E-state index contributed by atoms with van der Waals surface area (Å²) >= 11 is 0. The highest BCUT2D eigenvalue weighted by Crippen LogP contribution is 2.46. The van der Waals surface area contributed by atoms with Crippen molar-refractivity contribution in [1.82, 2.24) is 0 Å². The second-order valence-electron chi connectivity index (χ2n) is 10.7. The number of amides is 1. The van der Waals surface area contributed by atoms with Crippen molar-refractivity contribution in [1.29, 1.82) is 0 Å². The molecule has 1 aliphatic heterocycles. The number of benzene rings is 3. The fourth-order valence-electron chi connectivity index (χ4n) is 4.78. The Morgan fingerprint density at radius 1 is 0.921 bits per heavy atom. The molecule has 3 unspecified atom stereocenters. The molecule has 1 N–H and O–H groups in total. The molecule has 38 heavy (non-hydrogen) atoms. The lowest BCUT2D eigenvalue weighted by Gasteiger charge is -2.48. The third kappa shape index (κ3) is 7.40. The fraction of sp³-hybridized carbons (Fsp3) is 0.367. The zero-order valence-corrected chi connectivity index (χ0v) is 23.6. The molecule has 0 saturated carbocycles. The van der Waals surface area contributed by atoms with E-state index in [0.29, 0.717) is 30.7 Å². The maximum absolute atomic E-state index is 13.5. The molecule has 1 saturated heterocycles. The van der Waals surface area contributed by atoms with Gasteiger partial charge in [-0.15, -0.1) is 0 Å². The van der Waals surface area contributed by atoms with Gasteiger partial charge in [-0.1, -0.05) is 24.3 Å². The Bertz CT molecular complexity index is 1180. The molecule has 0 radical (unpaired) electrons. The van der Waals surface area contributed by atoms with Crippen LogP contribution in [0.5, 0.6) is 5.75 Å². The molecule has 3 atom stereocenters. The van der Waals surface area contributed by atoms with E-state index in [1.807, 2.05) is 24.3 Å². The van der Waals surface area contributed by atoms with Crippen LogP contribution in [-0.2, 0) is 4.79 Å². The van der Waals surface area contributed by atoms with Crippen LogP contribution in [0.2, 0.25) is 0 Å². The Morgan fingerprint density at radius 2 is 1.50 bits per heavy atom. The number of rotatable bonds is 11. The van der Waals surface area contributed by atoms with E-state index in [2.05, 4.69) is 21.1 Å². The first-order chi connectivity index (χ1) is 17.6. The minimum atomic E-state index is -0.795. The number of β-lactam (4-membered cyclic amide) rings is 1. The van der Waals surface area contributed by atoms with Crippen molar-refractivity contribution in [3.05, 3.63) is 95.6 Å². The number of ether oxygens (including phenoxy) is 1. The van der Waals surface area contributed by atoms with Gasteiger partial charge in [0.2, 0.25) is 5.91 Å². The summed E-state index contributed by atoms with van der Waals surface area (Å²) in [6.07, 6.45) is 0.974. The number of nitrogens with zero attached hydrogens (tertiary/aromatic N) is 2. The van der Waals surface area contributed by atoms with Gasteiger partial charge in [-0.2, -0.15) is 0 Å². The third-order valence-corrected chi connectivity index (χ3v) is 6.79. The molecular weight excluding hydrogens is 554 g/mol. The lowest BCUT2D eigenvalue weighted by molar-refractivity contribution is -0.870. The van der Waals surface area contributed by atoms with Crippen molar-refractivity contribution in [3.63, 3.8) is 0 Å². The van der Waals surface area contributed by atoms with E-state index < -0.39 is 6.10 Å². The number of carbonyl (C=O) groups excluding carboxylic acids is 1. The van der Waals surface area contributed by atoms with Crippen LogP contribution in [0.1, 0.15) is 42.5 Å². The molecule has 1 heterocycles. The van der Waals surface area contributed by atoms with E-state index in [-0.39, 0.29) is 46.5 Å². The summed E-state index contributed by atoms with van der Waals surface area (Å²) < 4.78 is 33.6. The zero-order chi connectivity index (χ0) is 26.6. The van der Waals surface area contributed by atoms with Crippen molar-refractivity contribution < 1.29 is 44.9 Å². The van der Waals surface area contributed by atoms with Gasteiger partial charge in [-0.3, -0.25) is 4.79 Å². The van der Waals surface area contributed by atoms with Crippen molar-refractivity contribution >= 4 is 11.6 Å². The SMILES string of the molecule is C[N+](C)(C)CCCOc1ccc(C2C(CCC(O)c3ccc(F)cc3)C(=O)N2c2ccc(F)cc2)cc1.[Br-]. The van der Waals surface area contributed by atoms with Crippen LogP contribution in [0.25, 0.3) is 0 Å². The molecule has 0 bridgehead atoms. The summed E-state index contributed by atoms with van der Waals surface area (Å²) in [6, 6.07) is 19.2. The van der Waals surface area contributed by atoms with Crippen LogP contribution in [-0.4, -0.2) is 49.8 Å². The first-order valence-corrected chi connectivity index (χ1v) is 12.7. The molecule has 0 spiro atoms. The highest BCUT2D eigenvalue weighted by atomic mass is 79.9. The van der Waals surface area contributed by atoms with Crippen molar-refractivity contribution in [2.75, 3.05) is 39.2 Å². The standard InChI is InChI=1S/C30H35F2N2O3.BrH/c1-34(2,3)19-4-20-37-26-15-7-22(8-16-26)29-27(17-18-28(35)21-5-9-23(31)10-6-21)30(36)33(29)25-13-11-24(32)12-14-25;/h5-16,27-29,35H,4,17-20H2,1-3H3;1H/q+1;/p-1. The Balaban J connectivity index is 0.00000400. The molecule has 0 aliphatic carbocycles. The zero-order valence-electron chi connectivity index (χ0n) is 22.0. The van der Waals surface area contributed by atoms with Gasteiger partial charge in [-0.25, -0.2) is 8.78 Å². The summed E-state index contributed by atoms with van der Waals surface area (Å²) in [5, 5.41) is 10.6. The third-order valence-electron chi connectivity index (χ3n) is 6.79. The number of quaternary nitrogens is 1. The topological polar surface area (TPSA) is 49.8 Å². The number of halogens is 3. The van der Waals surface area contributed by atoms with Gasteiger partial charge in [0.05, 0.1) is 52.4 Å². The summed E-state index contributed by atoms with van der Waals surface area (Å²) in [5.74, 6) is -0.354. The number of hydrogen-bond acceptors (Lipinski definition) is 3. The molecule has 1 fully saturated rings. The number of anilines is 1. The van der Waals surface area contributed by atoms with Gasteiger partial charge in [0.1, 0.15) is 17.4 Å². The molecule has 4 rings (SSSR count). The van der Waals surface area contributed by atoms with E-state index in [4.69, 9.17) is 4.74 Å². The largest absolute Gasteiger partial charge is 1.00 e. The van der Waals surface area contributed by atoms with Crippen LogP contribution in [0.15, 0.2) is 72.8 Å². The minimum absolute atomic E-state index is 0. The summed E-state index contributed by atoms with van der Waals surface area (Å²) in [4.78, 5) is 14.9. The number of aliphatic hydroxyl groups is 1. The molecule has 5 nitrogen and oxygen atoms in total. The maximum Gasteiger partial charge on any atom is 0.233 e. The normalized spacial score (nSPS) is 17.9. The molecule has 1 amide bonds. The lowest BCUT2D eigenvalue weighted by Crippen LogP contribution is -3.00. The average molecular weight is 590 g/mol. The van der Waals surface area contributed by atoms with E-state index in [0.717, 1.165) is 28.8 Å². The van der Waals surface area contributed by atoms with Crippen LogP contribution >= 0.6 is 0 Å². The summed E-state index contributed by atoms with van der Waals surface area (Å²) in [6.45, 7) is 1.64. The number of aliphatic hydroxyl groups excluding tert-OH is 1. The summed E-state index contributed by atoms with van der Waals surface area (Å²) in [7, 11) is 6.45. The summed E-state index contributed by atoms with van der Waals surface area (Å²) in [5.41, 5.74) is 2.20. The monoisotopic (exact) mass is 588 g/mol. The number of hydrogen-bond donors (Lipinski definition) is 1. The smallest absolute Gasteiger partial charge is 0.233 e. The quantitative estimate of drug-likeness (QED) is 0.213. The van der Waals surface area contributed by atoms with Crippen molar-refractivity contribution in [2.24, 2.45) is 5.92 Å². The molecule has 3 aromatic rings. The average Bonchev–Trinajstić information content (AvgIpc) is 2.86. The van der Waals surface area contributed by atoms with Gasteiger partial charge >= 0.3 is 0 Å². The Labute approximate surface area is 234 Å². The first kappa shape index (κ1) is 29.7. The predicted molar refractivity (Wildman–Crippen MR) is 140 cm³/mol. The predicted octanol–water partition coefficient (Wildman–Crippen LogP) is 2.66. The van der Waals surface area contributed by atoms with E-state index in [1.54, 1.807) is 29.2 Å². The Kier molecular flexibility index (Phi) is 10.0. The minimum Gasteiger partial charge on any atom is -1.00 e. The molecular formula is C30H35BrF2N2O3. The van der Waals surface area contributed by atoms with Crippen LogP contribution in [0.3, 0.4) is 0 Å². The van der Waals surface area contributed by atoms with Crippen molar-refractivity contribution in [2.45, 2.75) is 31.4 Å². The highest BCUT2D eigenvalue weighted by molar-refractivity contribution is 6.03. The molecule has 3 aromatic carbocycles. The van der Waals surface area contributed by atoms with Crippen molar-refractivity contribution in [3.8, 4) is 5.75 Å². The van der Waals surface area contributed by atoms with Gasteiger partial charge in [0, 0.05) is 12.1 Å². The van der Waals surface area contributed by atoms with Crippen LogP contribution in [0.4, 0.5) is 14.5 Å². The second kappa shape index (κ2) is 12.8. The van der Waals surface area contributed by atoms with Gasteiger partial charge in [-0.05, 0) is 72.5 Å².